The first kappa shape index (κ1) is 22.8. The first-order chi connectivity index (χ1) is 16.9. The Hall–Kier alpha value is -3.96. The molecule has 1 fully saturated rings. The van der Waals surface area contributed by atoms with Crippen molar-refractivity contribution < 1.29 is 0 Å². The third-order valence-corrected chi connectivity index (χ3v) is 6.61. The molecule has 0 saturated carbocycles. The van der Waals surface area contributed by atoms with Crippen LogP contribution in [0.2, 0.25) is 0 Å². The number of anilines is 3. The highest BCUT2D eigenvalue weighted by atomic mass is 15.3. The lowest BCUT2D eigenvalue weighted by molar-refractivity contribution is 0.313. The second-order valence-corrected chi connectivity index (χ2v) is 9.72. The van der Waals surface area contributed by atoms with Crippen LogP contribution in [0, 0.1) is 11.3 Å². The molecular formula is C27H30N8. The van der Waals surface area contributed by atoms with E-state index in [1.807, 2.05) is 61.4 Å². The van der Waals surface area contributed by atoms with Crippen molar-refractivity contribution in [3.8, 4) is 17.2 Å². The monoisotopic (exact) mass is 466 g/mol. The van der Waals surface area contributed by atoms with Gasteiger partial charge in [-0.15, -0.1) is 0 Å². The summed E-state index contributed by atoms with van der Waals surface area (Å²) in [6.45, 7) is 8.20. The Balaban J connectivity index is 1.43. The molecule has 0 unspecified atom stereocenters. The average molecular weight is 467 g/mol. The van der Waals surface area contributed by atoms with Crippen molar-refractivity contribution in [2.75, 3.05) is 43.4 Å². The van der Waals surface area contributed by atoms with Gasteiger partial charge in [0.1, 0.15) is 0 Å². The maximum Gasteiger partial charge on any atom is 0.227 e. The Morgan fingerprint density at radius 3 is 2.66 bits per heavy atom. The number of rotatable bonds is 6. The SMILES string of the molecule is CN1CCN(c2cccc(Nc3ncc4cccc(-c5cnn(C(C)(C)CC#N)c5)c4n3)c2)CC1. The number of fused-ring (bicyclic) bond motifs is 1. The van der Waals surface area contributed by atoms with Crippen LogP contribution in [0.5, 0.6) is 0 Å². The molecule has 35 heavy (non-hydrogen) atoms. The van der Waals surface area contributed by atoms with Gasteiger partial charge in [0.15, 0.2) is 0 Å². The highest BCUT2D eigenvalue weighted by Gasteiger charge is 2.22. The van der Waals surface area contributed by atoms with Crippen LogP contribution in [0.1, 0.15) is 20.3 Å². The molecule has 5 rings (SSSR count). The minimum Gasteiger partial charge on any atom is -0.369 e. The molecule has 0 aliphatic carbocycles. The molecular weight excluding hydrogens is 436 g/mol. The van der Waals surface area contributed by atoms with Crippen molar-refractivity contribution >= 4 is 28.2 Å². The van der Waals surface area contributed by atoms with E-state index in [2.05, 4.69) is 56.5 Å². The van der Waals surface area contributed by atoms with Gasteiger partial charge in [0, 0.05) is 66.5 Å². The standard InChI is InChI=1S/C27H30N8/c1-27(2,10-11-28)35-19-21(18-30-35)24-9-4-6-20-17-29-26(32-25(20)24)31-22-7-5-8-23(16-22)34-14-12-33(3)13-15-34/h4-9,16-19H,10,12-15H2,1-3H3,(H,29,31,32). The molecule has 2 aromatic carbocycles. The number of hydrogen-bond donors (Lipinski definition) is 1. The van der Waals surface area contributed by atoms with E-state index < -0.39 is 0 Å². The Labute approximate surface area is 205 Å². The Morgan fingerprint density at radius 1 is 1.06 bits per heavy atom. The summed E-state index contributed by atoms with van der Waals surface area (Å²) in [6.07, 6.45) is 6.05. The molecule has 0 atom stereocenters. The van der Waals surface area contributed by atoms with Gasteiger partial charge in [-0.3, -0.25) is 4.68 Å². The van der Waals surface area contributed by atoms with Crippen LogP contribution in [0.3, 0.4) is 0 Å². The van der Waals surface area contributed by atoms with Crippen LogP contribution in [0.15, 0.2) is 61.1 Å². The number of piperazine rings is 1. The van der Waals surface area contributed by atoms with Crippen molar-refractivity contribution in [3.05, 3.63) is 61.1 Å². The summed E-state index contributed by atoms with van der Waals surface area (Å²) in [5.74, 6) is 0.553. The minimum atomic E-state index is -0.381. The van der Waals surface area contributed by atoms with Gasteiger partial charge < -0.3 is 15.1 Å². The maximum absolute atomic E-state index is 9.16. The highest BCUT2D eigenvalue weighted by molar-refractivity contribution is 5.93. The molecule has 1 N–H and O–H groups in total. The second kappa shape index (κ2) is 9.35. The zero-order valence-electron chi connectivity index (χ0n) is 20.4. The second-order valence-electron chi connectivity index (χ2n) is 9.72. The molecule has 0 spiro atoms. The molecule has 8 heteroatoms. The summed E-state index contributed by atoms with van der Waals surface area (Å²) in [4.78, 5) is 14.2. The molecule has 178 valence electrons. The van der Waals surface area contributed by atoms with Crippen molar-refractivity contribution in [1.82, 2.24) is 24.6 Å². The Kier molecular flexibility index (Phi) is 6.10. The number of hydrogen-bond acceptors (Lipinski definition) is 7. The number of benzene rings is 2. The van der Waals surface area contributed by atoms with E-state index in [1.54, 1.807) is 0 Å². The van der Waals surface area contributed by atoms with E-state index in [9.17, 15) is 0 Å². The van der Waals surface area contributed by atoms with Gasteiger partial charge in [0.05, 0.1) is 29.7 Å². The summed E-state index contributed by atoms with van der Waals surface area (Å²) in [5.41, 5.74) is 4.59. The van der Waals surface area contributed by atoms with Crippen LogP contribution < -0.4 is 10.2 Å². The van der Waals surface area contributed by atoms with Gasteiger partial charge in [-0.05, 0) is 39.1 Å². The summed E-state index contributed by atoms with van der Waals surface area (Å²) in [7, 11) is 2.17. The van der Waals surface area contributed by atoms with E-state index >= 15 is 0 Å². The van der Waals surface area contributed by atoms with E-state index in [0.717, 1.165) is 53.9 Å². The van der Waals surface area contributed by atoms with Crippen LogP contribution in [0.25, 0.3) is 22.0 Å². The van der Waals surface area contributed by atoms with Crippen LogP contribution in [-0.4, -0.2) is 57.9 Å². The molecule has 0 radical (unpaired) electrons. The van der Waals surface area contributed by atoms with Crippen molar-refractivity contribution in [2.45, 2.75) is 25.8 Å². The average Bonchev–Trinajstić information content (AvgIpc) is 3.36. The van der Waals surface area contributed by atoms with E-state index in [4.69, 9.17) is 10.2 Å². The quantitative estimate of drug-likeness (QED) is 0.443. The third-order valence-electron chi connectivity index (χ3n) is 6.61. The molecule has 8 nitrogen and oxygen atoms in total. The summed E-state index contributed by atoms with van der Waals surface area (Å²) in [5, 5.41) is 18.1. The van der Waals surface area contributed by atoms with Gasteiger partial charge in [-0.2, -0.15) is 10.4 Å². The lowest BCUT2D eigenvalue weighted by atomic mass is 10.0. The fraction of sp³-hybridized carbons (Fsp3) is 0.333. The fourth-order valence-corrected chi connectivity index (χ4v) is 4.39. The summed E-state index contributed by atoms with van der Waals surface area (Å²) >= 11 is 0. The number of para-hydroxylation sites is 1. The van der Waals surface area contributed by atoms with Crippen LogP contribution in [0.4, 0.5) is 17.3 Å². The zero-order chi connectivity index (χ0) is 24.4. The first-order valence-electron chi connectivity index (χ1n) is 11.9. The Bertz CT molecular complexity index is 1380. The molecule has 0 bridgehead atoms. The number of nitrogens with zero attached hydrogens (tertiary/aromatic N) is 7. The first-order valence-corrected chi connectivity index (χ1v) is 11.9. The molecule has 4 aromatic rings. The Morgan fingerprint density at radius 2 is 1.86 bits per heavy atom. The lowest BCUT2D eigenvalue weighted by Gasteiger charge is -2.34. The minimum absolute atomic E-state index is 0.381. The van der Waals surface area contributed by atoms with Gasteiger partial charge in [0.25, 0.3) is 0 Å². The van der Waals surface area contributed by atoms with Gasteiger partial charge in [0.2, 0.25) is 5.95 Å². The van der Waals surface area contributed by atoms with E-state index in [-0.39, 0.29) is 5.54 Å². The number of nitriles is 1. The highest BCUT2D eigenvalue weighted by Crippen LogP contribution is 2.30. The van der Waals surface area contributed by atoms with Gasteiger partial charge in [-0.25, -0.2) is 9.97 Å². The largest absolute Gasteiger partial charge is 0.369 e. The zero-order valence-corrected chi connectivity index (χ0v) is 20.4. The maximum atomic E-state index is 9.16. The van der Waals surface area contributed by atoms with Crippen molar-refractivity contribution in [3.63, 3.8) is 0 Å². The van der Waals surface area contributed by atoms with Gasteiger partial charge in [-0.1, -0.05) is 24.3 Å². The fourth-order valence-electron chi connectivity index (χ4n) is 4.39. The third kappa shape index (κ3) is 4.81. The van der Waals surface area contributed by atoms with E-state index in [0.29, 0.717) is 12.4 Å². The molecule has 1 aliphatic heterocycles. The summed E-state index contributed by atoms with van der Waals surface area (Å²) in [6, 6.07) is 16.7. The van der Waals surface area contributed by atoms with Crippen LogP contribution in [-0.2, 0) is 5.54 Å². The van der Waals surface area contributed by atoms with E-state index in [1.165, 1.54) is 5.69 Å². The summed E-state index contributed by atoms with van der Waals surface area (Å²) < 4.78 is 1.86. The normalized spacial score (nSPS) is 14.7. The number of aromatic nitrogens is 4. The smallest absolute Gasteiger partial charge is 0.227 e. The van der Waals surface area contributed by atoms with Crippen LogP contribution >= 0.6 is 0 Å². The molecule has 1 aliphatic rings. The van der Waals surface area contributed by atoms with Crippen molar-refractivity contribution in [2.24, 2.45) is 0 Å². The molecule has 1 saturated heterocycles. The van der Waals surface area contributed by atoms with Gasteiger partial charge >= 0.3 is 0 Å². The molecule has 0 amide bonds. The topological polar surface area (TPSA) is 85.9 Å². The molecule has 3 heterocycles. The number of nitrogens with one attached hydrogen (secondary N) is 1. The predicted octanol–water partition coefficient (Wildman–Crippen LogP) is 4.64. The lowest BCUT2D eigenvalue weighted by Crippen LogP contribution is -2.44. The van der Waals surface area contributed by atoms with Crippen molar-refractivity contribution in [1.29, 1.82) is 5.26 Å². The number of likely N-dealkylation sites (N-methyl/N-ethyl adjacent to an activating group) is 1. The predicted molar refractivity (Wildman–Crippen MR) is 140 cm³/mol. The molecule has 2 aromatic heterocycles.